The molecule has 0 radical (unpaired) electrons. The lowest BCUT2D eigenvalue weighted by Crippen LogP contribution is -2.28. The first-order valence-corrected chi connectivity index (χ1v) is 10.8. The van der Waals surface area contributed by atoms with E-state index in [9.17, 15) is 26.4 Å². The fraction of sp³-hybridized carbons (Fsp3) is 0.381. The third-order valence-corrected chi connectivity index (χ3v) is 5.74. The Morgan fingerprint density at radius 3 is 1.85 bits per heavy atom. The Kier molecular flexibility index (Phi) is 8.14. The van der Waals surface area contributed by atoms with Crippen LogP contribution in [0.4, 0.5) is 13.2 Å². The Balaban J connectivity index is 2.72. The molecule has 0 aromatic heterocycles. The van der Waals surface area contributed by atoms with Gasteiger partial charge in [0.25, 0.3) is 0 Å². The Bertz CT molecular complexity index is 1180. The van der Waals surface area contributed by atoms with Crippen molar-refractivity contribution in [3.8, 4) is 28.7 Å². The van der Waals surface area contributed by atoms with Gasteiger partial charge in [-0.2, -0.15) is 21.6 Å². The highest BCUT2D eigenvalue weighted by Crippen LogP contribution is 2.50. The fourth-order valence-electron chi connectivity index (χ4n) is 3.29. The number of halogens is 3. The van der Waals surface area contributed by atoms with Crippen molar-refractivity contribution >= 4 is 16.1 Å². The second-order valence-electron chi connectivity index (χ2n) is 6.75. The molecule has 9 nitrogen and oxygen atoms in total. The normalized spacial score (nSPS) is 11.6. The van der Waals surface area contributed by atoms with Crippen molar-refractivity contribution in [2.75, 3.05) is 35.5 Å². The largest absolute Gasteiger partial charge is 0.534 e. The molecule has 0 aliphatic heterocycles. The van der Waals surface area contributed by atoms with Gasteiger partial charge in [-0.25, -0.2) is 4.79 Å². The van der Waals surface area contributed by atoms with Crippen molar-refractivity contribution < 1.29 is 54.3 Å². The van der Waals surface area contributed by atoms with Crippen LogP contribution in [0.3, 0.4) is 0 Å². The van der Waals surface area contributed by atoms with E-state index in [0.717, 1.165) is 19.2 Å². The Morgan fingerprint density at radius 2 is 1.38 bits per heavy atom. The third-order valence-electron chi connectivity index (χ3n) is 4.76. The molecule has 188 valence electrons. The zero-order valence-electron chi connectivity index (χ0n) is 19.2. The minimum absolute atomic E-state index is 0.0427. The van der Waals surface area contributed by atoms with Crippen LogP contribution in [-0.2, 0) is 21.3 Å². The summed E-state index contributed by atoms with van der Waals surface area (Å²) in [4.78, 5) is 12.1. The van der Waals surface area contributed by atoms with Gasteiger partial charge in [0.15, 0.2) is 11.5 Å². The van der Waals surface area contributed by atoms with Gasteiger partial charge in [0, 0.05) is 17.5 Å². The number of carbonyl (C=O) groups is 1. The van der Waals surface area contributed by atoms with Gasteiger partial charge < -0.3 is 27.9 Å². The van der Waals surface area contributed by atoms with E-state index in [1.54, 1.807) is 6.92 Å². The summed E-state index contributed by atoms with van der Waals surface area (Å²) in [6, 6.07) is 3.21. The molecule has 34 heavy (non-hydrogen) atoms. The Hall–Kier alpha value is -3.35. The van der Waals surface area contributed by atoms with Gasteiger partial charge >= 0.3 is 21.6 Å². The van der Waals surface area contributed by atoms with Crippen molar-refractivity contribution in [1.82, 2.24) is 0 Å². The van der Waals surface area contributed by atoms with Gasteiger partial charge in [0.2, 0.25) is 11.5 Å². The number of alkyl halides is 3. The van der Waals surface area contributed by atoms with Crippen LogP contribution in [0, 0.1) is 6.92 Å². The van der Waals surface area contributed by atoms with Crippen LogP contribution in [0.5, 0.6) is 28.7 Å². The average molecular weight is 508 g/mol. The summed E-state index contributed by atoms with van der Waals surface area (Å²) in [6.07, 6.45) is -0.0427. The van der Waals surface area contributed by atoms with Gasteiger partial charge in [-0.3, -0.25) is 0 Å². The number of methoxy groups -OCH3 is 5. The zero-order valence-corrected chi connectivity index (χ0v) is 20.0. The predicted molar refractivity (Wildman–Crippen MR) is 114 cm³/mol. The summed E-state index contributed by atoms with van der Waals surface area (Å²) in [5, 5.41) is 0. The number of hydrogen-bond donors (Lipinski definition) is 0. The molecule has 0 aliphatic rings. The van der Waals surface area contributed by atoms with E-state index >= 15 is 0 Å². The lowest BCUT2D eigenvalue weighted by atomic mass is 9.96. The minimum atomic E-state index is -5.97. The first kappa shape index (κ1) is 26.9. The van der Waals surface area contributed by atoms with Crippen molar-refractivity contribution in [1.29, 1.82) is 0 Å². The first-order valence-electron chi connectivity index (χ1n) is 9.43. The Labute approximate surface area is 194 Å². The Morgan fingerprint density at radius 1 is 0.853 bits per heavy atom. The van der Waals surface area contributed by atoms with Crippen molar-refractivity contribution in [2.24, 2.45) is 0 Å². The lowest BCUT2D eigenvalue weighted by molar-refractivity contribution is -0.0500. The van der Waals surface area contributed by atoms with E-state index in [1.807, 2.05) is 0 Å². The lowest BCUT2D eigenvalue weighted by Gasteiger charge is -2.22. The average Bonchev–Trinajstić information content (AvgIpc) is 2.77. The van der Waals surface area contributed by atoms with Crippen LogP contribution in [0.2, 0.25) is 0 Å². The molecule has 0 unspecified atom stereocenters. The molecule has 13 heteroatoms. The summed E-state index contributed by atoms with van der Waals surface area (Å²) in [5.74, 6) is -0.625. The van der Waals surface area contributed by atoms with E-state index in [2.05, 4.69) is 8.92 Å². The molecule has 0 fully saturated rings. The number of benzene rings is 2. The topological polar surface area (TPSA) is 107 Å². The summed E-state index contributed by atoms with van der Waals surface area (Å²) < 4.78 is 92.0. The third kappa shape index (κ3) is 5.24. The van der Waals surface area contributed by atoms with Crippen molar-refractivity contribution in [3.63, 3.8) is 0 Å². The van der Waals surface area contributed by atoms with E-state index in [4.69, 9.17) is 18.9 Å². The summed E-state index contributed by atoms with van der Waals surface area (Å²) >= 11 is 0. The zero-order chi connectivity index (χ0) is 25.8. The minimum Gasteiger partial charge on any atom is -0.492 e. The van der Waals surface area contributed by atoms with Crippen LogP contribution in [0.1, 0.15) is 27.0 Å². The van der Waals surface area contributed by atoms with Crippen LogP contribution >= 0.6 is 0 Å². The number of carbonyl (C=O) groups excluding carboxylic acids is 1. The number of rotatable bonds is 9. The molecule has 0 bridgehead atoms. The molecule has 0 saturated carbocycles. The van der Waals surface area contributed by atoms with Crippen molar-refractivity contribution in [2.45, 2.75) is 18.9 Å². The second kappa shape index (κ2) is 10.3. The molecule has 0 aliphatic carbocycles. The highest BCUT2D eigenvalue weighted by Gasteiger charge is 2.48. The molecule has 0 spiro atoms. The predicted octanol–water partition coefficient (Wildman–Crippen LogP) is 3.64. The van der Waals surface area contributed by atoms with E-state index in [-0.39, 0.29) is 34.8 Å². The summed E-state index contributed by atoms with van der Waals surface area (Å²) in [5.41, 5.74) is -4.65. The highest BCUT2D eigenvalue weighted by atomic mass is 32.2. The maximum absolute atomic E-state index is 12.8. The maximum Gasteiger partial charge on any atom is 0.534 e. The van der Waals surface area contributed by atoms with E-state index < -0.39 is 27.3 Å². The van der Waals surface area contributed by atoms with Gasteiger partial charge in [-0.15, -0.1) is 0 Å². The SMILES string of the molecule is COC(=O)c1cc(Cc2c(C)c(OC)c(OC)c(OC)c2OC)cc(OS(=O)(=O)C(F)(F)F)c1. The monoisotopic (exact) mass is 508 g/mol. The first-order chi connectivity index (χ1) is 15.8. The van der Waals surface area contributed by atoms with Crippen LogP contribution in [-0.4, -0.2) is 55.4 Å². The summed E-state index contributed by atoms with van der Waals surface area (Å²) in [6.45, 7) is 1.69. The molecule has 0 heterocycles. The van der Waals surface area contributed by atoms with Crippen LogP contribution in [0.25, 0.3) is 0 Å². The molecule has 0 N–H and O–H groups in total. The number of hydrogen-bond acceptors (Lipinski definition) is 9. The quantitative estimate of drug-likeness (QED) is 0.285. The van der Waals surface area contributed by atoms with Gasteiger partial charge in [-0.1, -0.05) is 0 Å². The summed E-state index contributed by atoms with van der Waals surface area (Å²) in [7, 11) is 0.662. The molecular formula is C21H23F3O9S. The van der Waals surface area contributed by atoms with Crippen LogP contribution in [0.15, 0.2) is 18.2 Å². The highest BCUT2D eigenvalue weighted by molar-refractivity contribution is 7.88. The van der Waals surface area contributed by atoms with Gasteiger partial charge in [0.1, 0.15) is 5.75 Å². The van der Waals surface area contributed by atoms with Crippen molar-refractivity contribution in [3.05, 3.63) is 40.5 Å². The molecule has 2 aromatic rings. The molecule has 2 aromatic carbocycles. The molecule has 0 amide bonds. The second-order valence-corrected chi connectivity index (χ2v) is 8.29. The molecular weight excluding hydrogens is 485 g/mol. The maximum atomic E-state index is 12.8. The van der Waals surface area contributed by atoms with Gasteiger partial charge in [-0.05, 0) is 30.7 Å². The fourth-order valence-corrected chi connectivity index (χ4v) is 3.73. The molecule has 0 saturated heterocycles. The van der Waals surface area contributed by atoms with Gasteiger partial charge in [0.05, 0.1) is 41.1 Å². The smallest absolute Gasteiger partial charge is 0.492 e. The van der Waals surface area contributed by atoms with Crippen LogP contribution < -0.4 is 23.1 Å². The molecule has 0 atom stereocenters. The van der Waals surface area contributed by atoms with E-state index in [0.29, 0.717) is 16.9 Å². The standard InChI is InChI=1S/C21H23F3O9S/c1-11-15(17(29-3)19(31-5)18(30-4)16(11)28-2)9-12-7-13(20(25)32-6)10-14(8-12)33-34(26,27)21(22,23)24/h7-8,10H,9H2,1-6H3. The van der Waals surface area contributed by atoms with E-state index in [1.165, 1.54) is 34.5 Å². The number of ether oxygens (including phenoxy) is 5. The number of esters is 1. The molecule has 2 rings (SSSR count).